The van der Waals surface area contributed by atoms with Gasteiger partial charge in [-0.3, -0.25) is 0 Å². The molecule has 0 bridgehead atoms. The minimum atomic E-state index is -3.47. The maximum Gasteiger partial charge on any atom is 0.243 e. The second kappa shape index (κ2) is 6.22. The molecule has 2 rings (SSSR count). The lowest BCUT2D eigenvalue weighted by Crippen LogP contribution is -2.38. The van der Waals surface area contributed by atoms with Gasteiger partial charge in [-0.2, -0.15) is 4.31 Å². The Balaban J connectivity index is 2.37. The molecule has 0 amide bonds. The summed E-state index contributed by atoms with van der Waals surface area (Å²) in [4.78, 5) is 0.254. The lowest BCUT2D eigenvalue weighted by Gasteiger charge is -2.27. The Morgan fingerprint density at radius 1 is 1.40 bits per heavy atom. The van der Waals surface area contributed by atoms with Gasteiger partial charge in [-0.25, -0.2) is 8.42 Å². The zero-order chi connectivity index (χ0) is 14.9. The molecule has 1 saturated heterocycles. The third kappa shape index (κ3) is 2.98. The van der Waals surface area contributed by atoms with E-state index in [4.69, 9.17) is 23.2 Å². The van der Waals surface area contributed by atoms with E-state index < -0.39 is 10.0 Å². The summed E-state index contributed by atoms with van der Waals surface area (Å²) in [5.74, 6) is 0.585. The average Bonchev–Trinajstić information content (AvgIpc) is 2.88. The molecule has 0 spiro atoms. The van der Waals surface area contributed by atoms with Crippen molar-refractivity contribution in [3.8, 4) is 0 Å². The predicted molar refractivity (Wildman–Crippen MR) is 82.8 cm³/mol. The highest BCUT2D eigenvalue weighted by Gasteiger charge is 2.36. The normalized spacial score (nSPS) is 20.8. The summed E-state index contributed by atoms with van der Waals surface area (Å²) in [7, 11) is -3.47. The fraction of sp³-hybridized carbons (Fsp3) is 0.571. The van der Waals surface area contributed by atoms with Crippen LogP contribution >= 0.6 is 23.2 Å². The van der Waals surface area contributed by atoms with Crippen molar-refractivity contribution in [1.29, 1.82) is 0 Å². The van der Waals surface area contributed by atoms with E-state index in [1.54, 1.807) is 16.4 Å². The van der Waals surface area contributed by atoms with Crippen LogP contribution in [0.4, 0.5) is 0 Å². The predicted octanol–water partition coefficient (Wildman–Crippen LogP) is 3.89. The Labute approximate surface area is 130 Å². The van der Waals surface area contributed by atoms with Crippen molar-refractivity contribution < 1.29 is 8.42 Å². The zero-order valence-electron chi connectivity index (χ0n) is 11.6. The molecule has 0 radical (unpaired) electrons. The van der Waals surface area contributed by atoms with Gasteiger partial charge < -0.3 is 0 Å². The third-order valence-electron chi connectivity index (χ3n) is 3.79. The number of alkyl halides is 1. The summed E-state index contributed by atoms with van der Waals surface area (Å²) in [6.07, 6.45) is 1.83. The summed E-state index contributed by atoms with van der Waals surface area (Å²) in [5.41, 5.74) is 0.745. The van der Waals surface area contributed by atoms with Crippen LogP contribution in [0.1, 0.15) is 32.3 Å². The molecule has 0 saturated carbocycles. The lowest BCUT2D eigenvalue weighted by atomic mass is 10.0. The molecule has 6 heteroatoms. The Hall–Kier alpha value is -0.290. The monoisotopic (exact) mass is 335 g/mol. The van der Waals surface area contributed by atoms with E-state index in [2.05, 4.69) is 13.8 Å². The van der Waals surface area contributed by atoms with Crippen molar-refractivity contribution in [2.75, 3.05) is 6.54 Å². The van der Waals surface area contributed by atoms with Crippen LogP contribution in [0.15, 0.2) is 23.1 Å². The van der Waals surface area contributed by atoms with Crippen LogP contribution in [0.25, 0.3) is 0 Å². The van der Waals surface area contributed by atoms with Crippen molar-refractivity contribution in [3.05, 3.63) is 28.8 Å². The van der Waals surface area contributed by atoms with Gasteiger partial charge in [0.05, 0.1) is 4.90 Å². The average molecular weight is 336 g/mol. The molecule has 0 N–H and O–H groups in total. The summed E-state index contributed by atoms with van der Waals surface area (Å²) in [6, 6.07) is 4.85. The molecule has 3 nitrogen and oxygen atoms in total. The number of nitrogens with zero attached hydrogens (tertiary/aromatic N) is 1. The van der Waals surface area contributed by atoms with Gasteiger partial charge in [-0.1, -0.05) is 31.5 Å². The highest BCUT2D eigenvalue weighted by Crippen LogP contribution is 2.31. The molecular formula is C14H19Cl2NO2S. The summed E-state index contributed by atoms with van der Waals surface area (Å²) in [6.45, 7) is 4.70. The number of benzene rings is 1. The van der Waals surface area contributed by atoms with E-state index >= 15 is 0 Å². The van der Waals surface area contributed by atoms with Crippen LogP contribution in [-0.2, 0) is 15.9 Å². The van der Waals surface area contributed by atoms with E-state index in [9.17, 15) is 8.42 Å². The summed E-state index contributed by atoms with van der Waals surface area (Å²) < 4.78 is 27.1. The first kappa shape index (κ1) is 16.1. The van der Waals surface area contributed by atoms with Crippen LogP contribution in [-0.4, -0.2) is 25.3 Å². The van der Waals surface area contributed by atoms with Gasteiger partial charge in [0.2, 0.25) is 10.0 Å². The quantitative estimate of drug-likeness (QED) is 0.783. The highest BCUT2D eigenvalue weighted by molar-refractivity contribution is 7.89. The van der Waals surface area contributed by atoms with Crippen LogP contribution in [0, 0.1) is 5.92 Å². The van der Waals surface area contributed by atoms with Crippen molar-refractivity contribution in [2.24, 2.45) is 5.92 Å². The second-order valence-electron chi connectivity index (χ2n) is 5.46. The first-order chi connectivity index (χ1) is 9.37. The molecule has 1 fully saturated rings. The molecule has 1 aromatic rings. The minimum absolute atomic E-state index is 0.0754. The van der Waals surface area contributed by atoms with Gasteiger partial charge in [0.15, 0.2) is 0 Å². The molecule has 1 aliphatic heterocycles. The highest BCUT2D eigenvalue weighted by atomic mass is 35.5. The van der Waals surface area contributed by atoms with Crippen LogP contribution in [0.3, 0.4) is 0 Å². The van der Waals surface area contributed by atoms with Gasteiger partial charge >= 0.3 is 0 Å². The maximum absolute atomic E-state index is 12.7. The topological polar surface area (TPSA) is 37.4 Å². The standard InChI is InChI=1S/C14H19Cl2NO2S/c1-10(2)14-4-3-7-17(14)20(18,19)12-6-5-11(9-15)13(16)8-12/h5-6,8,10,14H,3-4,7,9H2,1-2H3. The molecule has 1 aliphatic rings. The molecule has 112 valence electrons. The maximum atomic E-state index is 12.7. The SMILES string of the molecule is CC(C)C1CCCN1S(=O)(=O)c1ccc(CCl)c(Cl)c1. The van der Waals surface area contributed by atoms with Gasteiger partial charge in [-0.15, -0.1) is 11.6 Å². The smallest absolute Gasteiger partial charge is 0.207 e. The number of sulfonamides is 1. The van der Waals surface area contributed by atoms with Gasteiger partial charge in [0.25, 0.3) is 0 Å². The van der Waals surface area contributed by atoms with E-state index in [0.717, 1.165) is 18.4 Å². The number of halogens is 2. The Morgan fingerprint density at radius 3 is 2.65 bits per heavy atom. The first-order valence-electron chi connectivity index (χ1n) is 6.74. The van der Waals surface area contributed by atoms with Crippen molar-refractivity contribution in [2.45, 2.75) is 43.5 Å². The molecule has 0 aliphatic carbocycles. The van der Waals surface area contributed by atoms with Crippen molar-refractivity contribution in [3.63, 3.8) is 0 Å². The van der Waals surface area contributed by atoms with E-state index in [-0.39, 0.29) is 16.8 Å². The number of hydrogen-bond donors (Lipinski definition) is 0. The van der Waals surface area contributed by atoms with Gasteiger partial charge in [0.1, 0.15) is 0 Å². The summed E-state index contributed by atoms with van der Waals surface area (Å²) >= 11 is 11.8. The van der Waals surface area contributed by atoms with Crippen LogP contribution in [0.2, 0.25) is 5.02 Å². The fourth-order valence-corrected chi connectivity index (χ4v) is 5.13. The minimum Gasteiger partial charge on any atom is -0.207 e. The second-order valence-corrected chi connectivity index (χ2v) is 8.02. The Kier molecular flexibility index (Phi) is 5.00. The fourth-order valence-electron chi connectivity index (χ4n) is 2.66. The lowest BCUT2D eigenvalue weighted by molar-refractivity contribution is 0.316. The summed E-state index contributed by atoms with van der Waals surface area (Å²) in [5, 5.41) is 0.404. The largest absolute Gasteiger partial charge is 0.243 e. The number of hydrogen-bond acceptors (Lipinski definition) is 2. The molecule has 1 heterocycles. The van der Waals surface area contributed by atoms with Gasteiger partial charge in [-0.05, 0) is 36.5 Å². The van der Waals surface area contributed by atoms with Crippen molar-refractivity contribution >= 4 is 33.2 Å². The molecule has 1 unspecified atom stereocenters. The zero-order valence-corrected chi connectivity index (χ0v) is 14.0. The van der Waals surface area contributed by atoms with Crippen LogP contribution in [0.5, 0.6) is 0 Å². The van der Waals surface area contributed by atoms with E-state index in [1.165, 1.54) is 6.07 Å². The first-order valence-corrected chi connectivity index (χ1v) is 9.09. The van der Waals surface area contributed by atoms with E-state index in [0.29, 0.717) is 17.5 Å². The molecule has 1 aromatic carbocycles. The molecular weight excluding hydrogens is 317 g/mol. The third-order valence-corrected chi connectivity index (χ3v) is 6.35. The van der Waals surface area contributed by atoms with Crippen LogP contribution < -0.4 is 0 Å². The molecule has 20 heavy (non-hydrogen) atoms. The molecule has 0 aromatic heterocycles. The van der Waals surface area contributed by atoms with E-state index in [1.807, 2.05) is 0 Å². The Morgan fingerprint density at radius 2 is 2.10 bits per heavy atom. The number of rotatable bonds is 4. The molecule has 1 atom stereocenters. The van der Waals surface area contributed by atoms with Crippen molar-refractivity contribution in [1.82, 2.24) is 4.31 Å². The van der Waals surface area contributed by atoms with Gasteiger partial charge in [0, 0.05) is 23.5 Å². The Bertz CT molecular complexity index is 587.